The molecule has 2 rings (SSSR count). The molecule has 0 amide bonds. The molecule has 0 aromatic carbocycles. The lowest BCUT2D eigenvalue weighted by Crippen LogP contribution is -2.45. The third-order valence-corrected chi connectivity index (χ3v) is 4.84. The predicted octanol–water partition coefficient (Wildman–Crippen LogP) is 2.53. The highest BCUT2D eigenvalue weighted by molar-refractivity contribution is 5.04. The Balaban J connectivity index is 1.85. The quantitative estimate of drug-likeness (QED) is 0.814. The van der Waals surface area contributed by atoms with Crippen LogP contribution in [0.15, 0.2) is 0 Å². The van der Waals surface area contributed by atoms with Crippen LogP contribution in [0.3, 0.4) is 0 Å². The number of nitriles is 1. The van der Waals surface area contributed by atoms with E-state index < -0.39 is 0 Å². The lowest BCUT2D eigenvalue weighted by Gasteiger charge is -2.33. The van der Waals surface area contributed by atoms with Gasteiger partial charge >= 0.3 is 0 Å². The van der Waals surface area contributed by atoms with Crippen LogP contribution in [0, 0.1) is 17.2 Å². The molecule has 0 aromatic rings. The lowest BCUT2D eigenvalue weighted by molar-refractivity contribution is 0.171. The van der Waals surface area contributed by atoms with Crippen molar-refractivity contribution >= 4 is 0 Å². The number of rotatable bonds is 5. The normalized spacial score (nSPS) is 31.6. The van der Waals surface area contributed by atoms with Crippen LogP contribution in [0.1, 0.15) is 52.4 Å². The first-order valence-corrected chi connectivity index (χ1v) is 7.59. The first kappa shape index (κ1) is 13.8. The fourth-order valence-electron chi connectivity index (χ4n) is 3.72. The van der Waals surface area contributed by atoms with E-state index in [4.69, 9.17) is 0 Å². The standard InChI is InChI=1S/C15H27N3/c1-3-17-15(2,12-16)9-11-18-10-8-13-6-4-5-7-14(13)18/h13-14,17H,3-11H2,1-2H3. The van der Waals surface area contributed by atoms with E-state index >= 15 is 0 Å². The van der Waals surface area contributed by atoms with Crippen LogP contribution in [0.25, 0.3) is 0 Å². The molecule has 102 valence electrons. The van der Waals surface area contributed by atoms with Gasteiger partial charge in [0.25, 0.3) is 0 Å². The van der Waals surface area contributed by atoms with Gasteiger partial charge in [-0.2, -0.15) is 5.26 Å². The first-order valence-electron chi connectivity index (χ1n) is 7.59. The van der Waals surface area contributed by atoms with Gasteiger partial charge < -0.3 is 0 Å². The number of nitrogens with zero attached hydrogens (tertiary/aromatic N) is 2. The summed E-state index contributed by atoms with van der Waals surface area (Å²) in [7, 11) is 0. The zero-order chi connectivity index (χ0) is 13.0. The molecule has 2 aliphatic rings. The molecule has 1 saturated heterocycles. The molecule has 3 heteroatoms. The molecule has 1 N–H and O–H groups in total. The Morgan fingerprint density at radius 3 is 2.83 bits per heavy atom. The summed E-state index contributed by atoms with van der Waals surface area (Å²) in [5.74, 6) is 0.950. The molecule has 1 heterocycles. The average molecular weight is 249 g/mol. The summed E-state index contributed by atoms with van der Waals surface area (Å²) in [4.78, 5) is 2.65. The molecular formula is C15H27N3. The molecule has 2 fully saturated rings. The molecule has 1 aliphatic heterocycles. The molecule has 0 bridgehead atoms. The fraction of sp³-hybridized carbons (Fsp3) is 0.933. The van der Waals surface area contributed by atoms with Crippen molar-refractivity contribution in [2.45, 2.75) is 64.0 Å². The van der Waals surface area contributed by atoms with Gasteiger partial charge in [0, 0.05) is 12.6 Å². The van der Waals surface area contributed by atoms with E-state index in [9.17, 15) is 5.26 Å². The van der Waals surface area contributed by atoms with Gasteiger partial charge in [-0.15, -0.1) is 0 Å². The Morgan fingerprint density at radius 2 is 2.11 bits per heavy atom. The van der Waals surface area contributed by atoms with Crippen molar-refractivity contribution < 1.29 is 0 Å². The monoisotopic (exact) mass is 249 g/mol. The second-order valence-corrected chi connectivity index (χ2v) is 6.16. The van der Waals surface area contributed by atoms with Crippen molar-refractivity contribution in [1.82, 2.24) is 10.2 Å². The minimum atomic E-state index is -0.346. The van der Waals surface area contributed by atoms with Crippen LogP contribution < -0.4 is 5.32 Å². The Labute approximate surface area is 112 Å². The van der Waals surface area contributed by atoms with Gasteiger partial charge in [0.05, 0.1) is 6.07 Å². The summed E-state index contributed by atoms with van der Waals surface area (Å²) in [6, 6.07) is 3.26. The maximum atomic E-state index is 9.29. The zero-order valence-corrected chi connectivity index (χ0v) is 11.9. The highest BCUT2D eigenvalue weighted by atomic mass is 15.2. The van der Waals surface area contributed by atoms with Crippen LogP contribution in [-0.2, 0) is 0 Å². The van der Waals surface area contributed by atoms with E-state index in [1.54, 1.807) is 0 Å². The van der Waals surface area contributed by atoms with Gasteiger partial charge in [-0.25, -0.2) is 0 Å². The van der Waals surface area contributed by atoms with E-state index in [0.717, 1.165) is 31.5 Å². The molecule has 1 saturated carbocycles. The van der Waals surface area contributed by atoms with E-state index in [2.05, 4.69) is 23.2 Å². The third kappa shape index (κ3) is 3.05. The van der Waals surface area contributed by atoms with Crippen LogP contribution in [0.4, 0.5) is 0 Å². The molecule has 0 spiro atoms. The number of likely N-dealkylation sites (tertiary alicyclic amines) is 1. The van der Waals surface area contributed by atoms with Gasteiger partial charge in [-0.1, -0.05) is 19.8 Å². The summed E-state index contributed by atoms with van der Waals surface area (Å²) in [6.07, 6.45) is 7.98. The average Bonchev–Trinajstić information content (AvgIpc) is 2.80. The van der Waals surface area contributed by atoms with Gasteiger partial charge in [-0.05, 0) is 51.6 Å². The van der Waals surface area contributed by atoms with Crippen molar-refractivity contribution in [2.75, 3.05) is 19.6 Å². The summed E-state index contributed by atoms with van der Waals surface area (Å²) in [5, 5.41) is 12.6. The number of hydrogen-bond acceptors (Lipinski definition) is 3. The smallest absolute Gasteiger partial charge is 0.105 e. The highest BCUT2D eigenvalue weighted by Gasteiger charge is 2.36. The molecule has 3 nitrogen and oxygen atoms in total. The second-order valence-electron chi connectivity index (χ2n) is 6.16. The summed E-state index contributed by atoms with van der Waals surface area (Å²) < 4.78 is 0. The van der Waals surface area contributed by atoms with Crippen LogP contribution in [0.5, 0.6) is 0 Å². The first-order chi connectivity index (χ1) is 8.68. The van der Waals surface area contributed by atoms with Crippen LogP contribution in [-0.4, -0.2) is 36.1 Å². The number of fused-ring (bicyclic) bond motifs is 1. The van der Waals surface area contributed by atoms with Gasteiger partial charge in [-0.3, -0.25) is 10.2 Å². The highest BCUT2D eigenvalue weighted by Crippen LogP contribution is 2.36. The molecule has 0 aromatic heterocycles. The molecule has 18 heavy (non-hydrogen) atoms. The van der Waals surface area contributed by atoms with Gasteiger partial charge in [0.2, 0.25) is 0 Å². The van der Waals surface area contributed by atoms with E-state index in [0.29, 0.717) is 0 Å². The van der Waals surface area contributed by atoms with E-state index in [-0.39, 0.29) is 5.54 Å². The number of nitrogens with one attached hydrogen (secondary N) is 1. The van der Waals surface area contributed by atoms with Crippen molar-refractivity contribution in [3.05, 3.63) is 0 Å². The zero-order valence-electron chi connectivity index (χ0n) is 11.9. The minimum absolute atomic E-state index is 0.346. The summed E-state index contributed by atoms with van der Waals surface area (Å²) in [6.45, 7) is 7.31. The number of hydrogen-bond donors (Lipinski definition) is 1. The molecular weight excluding hydrogens is 222 g/mol. The molecule has 3 unspecified atom stereocenters. The molecule has 0 radical (unpaired) electrons. The van der Waals surface area contributed by atoms with E-state index in [1.807, 2.05) is 6.92 Å². The second kappa shape index (κ2) is 6.04. The maximum Gasteiger partial charge on any atom is 0.105 e. The topological polar surface area (TPSA) is 39.1 Å². The van der Waals surface area contributed by atoms with Crippen LogP contribution >= 0.6 is 0 Å². The van der Waals surface area contributed by atoms with Crippen molar-refractivity contribution in [1.29, 1.82) is 5.26 Å². The maximum absolute atomic E-state index is 9.29. The summed E-state index contributed by atoms with van der Waals surface area (Å²) in [5.41, 5.74) is -0.346. The molecule has 3 atom stereocenters. The Kier molecular flexibility index (Phi) is 4.64. The lowest BCUT2D eigenvalue weighted by atomic mass is 9.85. The Hall–Kier alpha value is -0.590. The van der Waals surface area contributed by atoms with Gasteiger partial charge in [0.15, 0.2) is 0 Å². The van der Waals surface area contributed by atoms with E-state index in [1.165, 1.54) is 38.6 Å². The largest absolute Gasteiger partial charge is 0.300 e. The Morgan fingerprint density at radius 1 is 1.33 bits per heavy atom. The van der Waals surface area contributed by atoms with Crippen molar-refractivity contribution in [3.63, 3.8) is 0 Å². The third-order valence-electron chi connectivity index (χ3n) is 4.84. The minimum Gasteiger partial charge on any atom is -0.300 e. The Bertz CT molecular complexity index is 309. The van der Waals surface area contributed by atoms with Crippen molar-refractivity contribution in [3.8, 4) is 6.07 Å². The van der Waals surface area contributed by atoms with Crippen molar-refractivity contribution in [2.24, 2.45) is 5.92 Å². The van der Waals surface area contributed by atoms with Gasteiger partial charge in [0.1, 0.15) is 5.54 Å². The summed E-state index contributed by atoms with van der Waals surface area (Å²) >= 11 is 0. The predicted molar refractivity (Wildman–Crippen MR) is 74.2 cm³/mol. The SMILES string of the molecule is CCNC(C)(C#N)CCN1CCC2CCCCC21. The van der Waals surface area contributed by atoms with Crippen LogP contribution in [0.2, 0.25) is 0 Å². The fourth-order valence-corrected chi connectivity index (χ4v) is 3.72. The molecule has 1 aliphatic carbocycles.